The quantitative estimate of drug-likeness (QED) is 0.182. The highest BCUT2D eigenvalue weighted by atomic mass is 35.5. The van der Waals surface area contributed by atoms with E-state index in [9.17, 15) is 0 Å². The molecule has 3 heterocycles. The predicted octanol–water partition coefficient (Wildman–Crippen LogP) is 6.29. The molecule has 1 fully saturated rings. The molecule has 2 aromatic carbocycles. The first-order valence-electron chi connectivity index (χ1n) is 13.0. The molecule has 2 aromatic heterocycles. The fourth-order valence-corrected chi connectivity index (χ4v) is 5.14. The lowest BCUT2D eigenvalue weighted by Gasteiger charge is -2.37. The summed E-state index contributed by atoms with van der Waals surface area (Å²) in [5, 5.41) is 4.31. The average molecular weight is 561 g/mol. The number of rotatable bonds is 10. The SMILES string of the molecule is C=C/C(=C(/Cl)C(=C)Cl)N1CCN(CCCNc2ncnc3c2nc(-c2ccccc2)n3-c2ccccc2)CC1. The van der Waals surface area contributed by atoms with Gasteiger partial charge in [0.15, 0.2) is 17.0 Å². The van der Waals surface area contributed by atoms with Crippen molar-refractivity contribution in [1.29, 1.82) is 0 Å². The number of fused-ring (bicyclic) bond motifs is 1. The van der Waals surface area contributed by atoms with Gasteiger partial charge in [0.2, 0.25) is 0 Å². The Hall–Kier alpha value is -3.65. The van der Waals surface area contributed by atoms with Crippen LogP contribution in [-0.4, -0.2) is 68.6 Å². The topological polar surface area (TPSA) is 62.1 Å². The molecule has 0 amide bonds. The number of piperazine rings is 1. The molecule has 0 aliphatic carbocycles. The molecule has 39 heavy (non-hydrogen) atoms. The first-order chi connectivity index (χ1) is 19.1. The molecule has 1 aliphatic heterocycles. The number of hydrogen-bond donors (Lipinski definition) is 1. The lowest BCUT2D eigenvalue weighted by molar-refractivity contribution is 0.161. The molecule has 9 heteroatoms. The van der Waals surface area contributed by atoms with Crippen molar-refractivity contribution < 1.29 is 0 Å². The number of nitrogens with zero attached hydrogens (tertiary/aromatic N) is 6. The van der Waals surface area contributed by atoms with E-state index in [-0.39, 0.29) is 0 Å². The lowest BCUT2D eigenvalue weighted by atomic mass is 10.2. The third-order valence-corrected chi connectivity index (χ3v) is 7.51. The molecule has 1 N–H and O–H groups in total. The minimum Gasteiger partial charge on any atom is -0.368 e. The van der Waals surface area contributed by atoms with E-state index in [0.29, 0.717) is 10.1 Å². The van der Waals surface area contributed by atoms with Gasteiger partial charge in [-0.25, -0.2) is 15.0 Å². The molecular formula is C30H31Cl2N7. The minimum absolute atomic E-state index is 0.336. The van der Waals surface area contributed by atoms with Gasteiger partial charge in [0.25, 0.3) is 0 Å². The van der Waals surface area contributed by atoms with Crippen molar-refractivity contribution >= 4 is 40.2 Å². The number of aromatic nitrogens is 4. The van der Waals surface area contributed by atoms with Crippen LogP contribution in [0.3, 0.4) is 0 Å². The molecular weight excluding hydrogens is 529 g/mol. The first kappa shape index (κ1) is 26.9. The summed E-state index contributed by atoms with van der Waals surface area (Å²) in [6.07, 6.45) is 4.32. The number of halogens is 2. The van der Waals surface area contributed by atoms with Crippen LogP contribution in [0, 0.1) is 0 Å². The predicted molar refractivity (Wildman–Crippen MR) is 161 cm³/mol. The number of allylic oxidation sites excluding steroid dienone is 3. The Bertz CT molecular complexity index is 1470. The van der Waals surface area contributed by atoms with Crippen LogP contribution in [0.5, 0.6) is 0 Å². The van der Waals surface area contributed by atoms with Crippen LogP contribution in [0.4, 0.5) is 5.82 Å². The van der Waals surface area contributed by atoms with E-state index in [0.717, 1.165) is 85.4 Å². The zero-order chi connectivity index (χ0) is 27.2. The number of benzene rings is 2. The maximum atomic E-state index is 6.33. The third-order valence-electron chi connectivity index (χ3n) is 6.80. The highest BCUT2D eigenvalue weighted by Gasteiger charge is 2.21. The molecule has 4 aromatic rings. The summed E-state index contributed by atoms with van der Waals surface area (Å²) in [5.74, 6) is 1.58. The van der Waals surface area contributed by atoms with Gasteiger partial charge in [-0.1, -0.05) is 84.9 Å². The Balaban J connectivity index is 1.26. The molecule has 7 nitrogen and oxygen atoms in total. The molecule has 0 atom stereocenters. The summed E-state index contributed by atoms with van der Waals surface area (Å²) in [4.78, 5) is 18.8. The van der Waals surface area contributed by atoms with Gasteiger partial charge in [0.05, 0.1) is 15.8 Å². The largest absolute Gasteiger partial charge is 0.368 e. The maximum Gasteiger partial charge on any atom is 0.170 e. The number of imidazole rings is 1. The van der Waals surface area contributed by atoms with Crippen LogP contribution in [0.15, 0.2) is 102 Å². The number of para-hydroxylation sites is 1. The lowest BCUT2D eigenvalue weighted by Crippen LogP contribution is -2.46. The van der Waals surface area contributed by atoms with Crippen LogP contribution < -0.4 is 5.32 Å². The summed E-state index contributed by atoms with van der Waals surface area (Å²) in [5.41, 5.74) is 4.41. The number of hydrogen-bond acceptors (Lipinski definition) is 6. The number of nitrogens with one attached hydrogen (secondary N) is 1. The molecule has 1 aliphatic rings. The van der Waals surface area contributed by atoms with Crippen molar-refractivity contribution in [3.63, 3.8) is 0 Å². The van der Waals surface area contributed by atoms with Gasteiger partial charge in [-0.2, -0.15) is 0 Å². The van der Waals surface area contributed by atoms with Crippen molar-refractivity contribution in [3.05, 3.63) is 102 Å². The first-order valence-corrected chi connectivity index (χ1v) is 13.7. The molecule has 0 radical (unpaired) electrons. The Morgan fingerprint density at radius 3 is 2.31 bits per heavy atom. The van der Waals surface area contributed by atoms with E-state index in [2.05, 4.69) is 67.1 Å². The van der Waals surface area contributed by atoms with Crippen molar-refractivity contribution in [2.75, 3.05) is 44.6 Å². The van der Waals surface area contributed by atoms with E-state index in [1.54, 1.807) is 12.4 Å². The van der Waals surface area contributed by atoms with Crippen LogP contribution in [0.1, 0.15) is 6.42 Å². The fraction of sp³-hybridized carbons (Fsp3) is 0.233. The second kappa shape index (κ2) is 12.5. The second-order valence-corrected chi connectivity index (χ2v) is 10.1. The molecule has 0 saturated carbocycles. The molecule has 0 bridgehead atoms. The summed E-state index contributed by atoms with van der Waals surface area (Å²) in [6, 6.07) is 20.4. The zero-order valence-corrected chi connectivity index (χ0v) is 23.2. The molecule has 0 unspecified atom stereocenters. The summed E-state index contributed by atoms with van der Waals surface area (Å²) in [6.45, 7) is 13.0. The van der Waals surface area contributed by atoms with Crippen LogP contribution >= 0.6 is 23.2 Å². The second-order valence-electron chi connectivity index (χ2n) is 9.28. The molecule has 1 saturated heterocycles. The van der Waals surface area contributed by atoms with Gasteiger partial charge in [0.1, 0.15) is 12.2 Å². The maximum absolute atomic E-state index is 6.33. The Kier molecular flexibility index (Phi) is 8.61. The number of anilines is 1. The molecule has 5 rings (SSSR count). The van der Waals surface area contributed by atoms with Gasteiger partial charge in [-0.3, -0.25) is 9.47 Å². The Labute approximate surface area is 239 Å². The molecule has 0 spiro atoms. The van der Waals surface area contributed by atoms with Crippen LogP contribution in [0.25, 0.3) is 28.2 Å². The van der Waals surface area contributed by atoms with Gasteiger partial charge < -0.3 is 10.2 Å². The van der Waals surface area contributed by atoms with E-state index in [1.165, 1.54) is 0 Å². The van der Waals surface area contributed by atoms with Crippen molar-refractivity contribution in [2.24, 2.45) is 0 Å². The van der Waals surface area contributed by atoms with Crippen LogP contribution in [-0.2, 0) is 0 Å². The minimum atomic E-state index is 0.336. The van der Waals surface area contributed by atoms with E-state index in [4.69, 9.17) is 28.2 Å². The van der Waals surface area contributed by atoms with E-state index < -0.39 is 0 Å². The summed E-state index contributed by atoms with van der Waals surface area (Å²) in [7, 11) is 0. The van der Waals surface area contributed by atoms with Gasteiger partial charge >= 0.3 is 0 Å². The van der Waals surface area contributed by atoms with Crippen molar-refractivity contribution in [1.82, 2.24) is 29.3 Å². The standard InChI is InChI=1S/C30H31Cl2N7/c1-3-25(26(32)22(2)31)38-19-17-37(18-20-38)16-10-15-33-28-27-30(35-21-34-28)39(24-13-8-5-9-14-24)29(36-27)23-11-6-4-7-12-23/h3-9,11-14,21H,1-2,10,15-20H2,(H,33,34,35)/b26-25-. The Morgan fingerprint density at radius 2 is 1.64 bits per heavy atom. The highest BCUT2D eigenvalue weighted by Crippen LogP contribution is 2.30. The normalized spacial score (nSPS) is 14.8. The fourth-order valence-electron chi connectivity index (χ4n) is 4.84. The highest BCUT2D eigenvalue weighted by molar-refractivity contribution is 6.44. The summed E-state index contributed by atoms with van der Waals surface area (Å²) < 4.78 is 2.09. The molecule has 200 valence electrons. The van der Waals surface area contributed by atoms with Crippen molar-refractivity contribution in [3.8, 4) is 17.1 Å². The van der Waals surface area contributed by atoms with Gasteiger partial charge in [-0.05, 0) is 31.2 Å². The van der Waals surface area contributed by atoms with Crippen LogP contribution in [0.2, 0.25) is 0 Å². The zero-order valence-electron chi connectivity index (χ0n) is 21.7. The van der Waals surface area contributed by atoms with Gasteiger partial charge in [0, 0.05) is 44.0 Å². The average Bonchev–Trinajstić information content (AvgIpc) is 3.38. The van der Waals surface area contributed by atoms with E-state index >= 15 is 0 Å². The monoisotopic (exact) mass is 559 g/mol. The summed E-state index contributed by atoms with van der Waals surface area (Å²) >= 11 is 12.3. The third kappa shape index (κ3) is 6.01. The smallest absolute Gasteiger partial charge is 0.170 e. The van der Waals surface area contributed by atoms with Gasteiger partial charge in [-0.15, -0.1) is 0 Å². The van der Waals surface area contributed by atoms with Crippen molar-refractivity contribution in [2.45, 2.75) is 6.42 Å². The Morgan fingerprint density at radius 1 is 0.949 bits per heavy atom. The van der Waals surface area contributed by atoms with E-state index in [1.807, 2.05) is 36.4 Å².